The van der Waals surface area contributed by atoms with E-state index in [9.17, 15) is 17.2 Å². The van der Waals surface area contributed by atoms with Crippen LogP contribution in [0.1, 0.15) is 26.3 Å². The van der Waals surface area contributed by atoms with Crippen LogP contribution in [0.5, 0.6) is 0 Å². The van der Waals surface area contributed by atoms with Crippen LogP contribution in [-0.2, 0) is 16.6 Å². The standard InChI is InChI=1S/C14H22F2N2O2S/c1-10(14(2,3)13(15)16)18-9-11-6-5-7-12(8-11)21(19,20)17-4/h5-8,10,13,17-18H,9H2,1-4H3. The molecule has 120 valence electrons. The van der Waals surface area contributed by atoms with Gasteiger partial charge in [0.2, 0.25) is 16.4 Å². The molecule has 0 heterocycles. The van der Waals surface area contributed by atoms with Crippen molar-refractivity contribution in [2.75, 3.05) is 7.05 Å². The summed E-state index contributed by atoms with van der Waals surface area (Å²) in [5, 5.41) is 3.02. The summed E-state index contributed by atoms with van der Waals surface area (Å²) in [4.78, 5) is 0.157. The summed E-state index contributed by atoms with van der Waals surface area (Å²) in [5.41, 5.74) is -0.433. The van der Waals surface area contributed by atoms with E-state index in [0.29, 0.717) is 6.54 Å². The molecule has 7 heteroatoms. The predicted octanol–water partition coefficient (Wildman–Crippen LogP) is 2.36. The van der Waals surface area contributed by atoms with Crippen LogP contribution in [0.25, 0.3) is 0 Å². The summed E-state index contributed by atoms with van der Waals surface area (Å²) >= 11 is 0. The lowest BCUT2D eigenvalue weighted by Gasteiger charge is -2.31. The molecule has 0 amide bonds. The van der Waals surface area contributed by atoms with Crippen molar-refractivity contribution >= 4 is 10.0 Å². The molecule has 0 saturated heterocycles. The third-order valence-corrected chi connectivity index (χ3v) is 5.18. The fourth-order valence-electron chi connectivity index (χ4n) is 1.66. The number of halogens is 2. The number of nitrogens with one attached hydrogen (secondary N) is 2. The molecule has 0 aliphatic rings. The third kappa shape index (κ3) is 4.46. The van der Waals surface area contributed by atoms with Gasteiger partial charge < -0.3 is 5.32 Å². The Hall–Kier alpha value is -1.05. The molecule has 0 radical (unpaired) electrons. The van der Waals surface area contributed by atoms with Crippen molar-refractivity contribution < 1.29 is 17.2 Å². The molecule has 4 nitrogen and oxygen atoms in total. The van der Waals surface area contributed by atoms with Gasteiger partial charge in [-0.05, 0) is 31.7 Å². The van der Waals surface area contributed by atoms with Gasteiger partial charge in [0, 0.05) is 18.0 Å². The van der Waals surface area contributed by atoms with Crippen LogP contribution < -0.4 is 10.0 Å². The second-order valence-electron chi connectivity index (χ2n) is 5.58. The van der Waals surface area contributed by atoms with Gasteiger partial charge in [0.05, 0.1) is 4.90 Å². The summed E-state index contributed by atoms with van der Waals surface area (Å²) in [6.07, 6.45) is -2.43. The van der Waals surface area contributed by atoms with Gasteiger partial charge in [-0.3, -0.25) is 0 Å². The lowest BCUT2D eigenvalue weighted by molar-refractivity contribution is -0.00260. The Morgan fingerprint density at radius 2 is 1.90 bits per heavy atom. The normalized spacial score (nSPS) is 14.4. The molecular formula is C14H22F2N2O2S. The van der Waals surface area contributed by atoms with Gasteiger partial charge in [-0.2, -0.15) is 0 Å². The molecule has 1 aromatic carbocycles. The first-order valence-corrected chi connectivity index (χ1v) is 8.13. The first-order valence-electron chi connectivity index (χ1n) is 6.65. The topological polar surface area (TPSA) is 58.2 Å². The van der Waals surface area contributed by atoms with Crippen LogP contribution in [-0.4, -0.2) is 27.9 Å². The fourth-order valence-corrected chi connectivity index (χ4v) is 2.46. The predicted molar refractivity (Wildman–Crippen MR) is 78.8 cm³/mol. The van der Waals surface area contributed by atoms with Gasteiger partial charge >= 0.3 is 0 Å². The largest absolute Gasteiger partial charge is 0.309 e. The quantitative estimate of drug-likeness (QED) is 0.811. The van der Waals surface area contributed by atoms with E-state index < -0.39 is 27.9 Å². The van der Waals surface area contributed by atoms with Crippen LogP contribution in [0.15, 0.2) is 29.2 Å². The molecular weight excluding hydrogens is 298 g/mol. The fraction of sp³-hybridized carbons (Fsp3) is 0.571. The molecule has 1 unspecified atom stereocenters. The van der Waals surface area contributed by atoms with Crippen LogP contribution in [0.2, 0.25) is 0 Å². The number of sulfonamides is 1. The lowest BCUT2D eigenvalue weighted by Crippen LogP contribution is -2.43. The third-order valence-electron chi connectivity index (χ3n) is 3.77. The molecule has 1 aromatic rings. The molecule has 0 saturated carbocycles. The van der Waals surface area contributed by atoms with Gasteiger partial charge in [0.25, 0.3) is 0 Å². The summed E-state index contributed by atoms with van der Waals surface area (Å²) < 4.78 is 51.5. The number of hydrogen-bond acceptors (Lipinski definition) is 3. The van der Waals surface area contributed by atoms with Crippen LogP contribution in [0.4, 0.5) is 8.78 Å². The molecule has 21 heavy (non-hydrogen) atoms. The maximum Gasteiger partial charge on any atom is 0.245 e. The SMILES string of the molecule is CNS(=O)(=O)c1cccc(CNC(C)C(C)(C)C(F)F)c1. The maximum absolute atomic E-state index is 12.9. The lowest BCUT2D eigenvalue weighted by atomic mass is 9.86. The first-order chi connectivity index (χ1) is 9.61. The molecule has 0 aliphatic carbocycles. The number of alkyl halides is 2. The van der Waals surface area contributed by atoms with Crippen molar-refractivity contribution in [2.45, 2.75) is 44.7 Å². The van der Waals surface area contributed by atoms with Gasteiger partial charge in [-0.25, -0.2) is 21.9 Å². The highest BCUT2D eigenvalue weighted by Gasteiger charge is 2.35. The van der Waals surface area contributed by atoms with E-state index in [4.69, 9.17) is 0 Å². The molecule has 0 bridgehead atoms. The highest BCUT2D eigenvalue weighted by atomic mass is 32.2. The van der Waals surface area contributed by atoms with Crippen molar-refractivity contribution in [3.8, 4) is 0 Å². The Morgan fingerprint density at radius 1 is 1.29 bits per heavy atom. The Balaban J connectivity index is 2.80. The first kappa shape index (κ1) is 18.0. The number of rotatable bonds is 7. The van der Waals surface area contributed by atoms with Gasteiger partial charge in [-0.1, -0.05) is 26.0 Å². The van der Waals surface area contributed by atoms with Gasteiger partial charge in [-0.15, -0.1) is 0 Å². The van der Waals surface area contributed by atoms with Crippen molar-refractivity contribution in [1.82, 2.24) is 10.0 Å². The molecule has 1 atom stereocenters. The van der Waals surface area contributed by atoms with Crippen molar-refractivity contribution in [2.24, 2.45) is 5.41 Å². The van der Waals surface area contributed by atoms with E-state index in [1.807, 2.05) is 0 Å². The maximum atomic E-state index is 12.9. The second kappa shape index (κ2) is 6.81. The van der Waals surface area contributed by atoms with E-state index in [0.717, 1.165) is 5.56 Å². The summed E-state index contributed by atoms with van der Waals surface area (Å²) in [7, 11) is -2.16. The summed E-state index contributed by atoms with van der Waals surface area (Å²) in [5.74, 6) is 0. The van der Waals surface area contributed by atoms with E-state index in [1.165, 1.54) is 33.0 Å². The number of hydrogen-bond donors (Lipinski definition) is 2. The minimum absolute atomic E-state index is 0.157. The Kier molecular flexibility index (Phi) is 5.83. The zero-order chi connectivity index (χ0) is 16.3. The molecule has 0 spiro atoms. The van der Waals surface area contributed by atoms with E-state index >= 15 is 0 Å². The molecule has 1 rings (SSSR count). The average molecular weight is 320 g/mol. The van der Waals surface area contributed by atoms with Crippen LogP contribution in [0, 0.1) is 5.41 Å². The second-order valence-corrected chi connectivity index (χ2v) is 7.47. The zero-order valence-corrected chi connectivity index (χ0v) is 13.5. The van der Waals surface area contributed by atoms with E-state index in [2.05, 4.69) is 10.0 Å². The van der Waals surface area contributed by atoms with Crippen molar-refractivity contribution in [3.05, 3.63) is 29.8 Å². The van der Waals surface area contributed by atoms with Crippen molar-refractivity contribution in [3.63, 3.8) is 0 Å². The van der Waals surface area contributed by atoms with Gasteiger partial charge in [0.1, 0.15) is 0 Å². The van der Waals surface area contributed by atoms with E-state index in [1.54, 1.807) is 19.1 Å². The zero-order valence-electron chi connectivity index (χ0n) is 12.7. The Labute approximate surface area is 125 Å². The average Bonchev–Trinajstić information content (AvgIpc) is 2.44. The van der Waals surface area contributed by atoms with Crippen LogP contribution in [0.3, 0.4) is 0 Å². The minimum atomic E-state index is -3.50. The van der Waals surface area contributed by atoms with Crippen LogP contribution >= 0.6 is 0 Å². The molecule has 0 aromatic heterocycles. The summed E-state index contributed by atoms with van der Waals surface area (Å²) in [6, 6.07) is 5.98. The number of benzene rings is 1. The summed E-state index contributed by atoms with van der Waals surface area (Å²) in [6.45, 7) is 5.01. The van der Waals surface area contributed by atoms with Gasteiger partial charge in [0.15, 0.2) is 0 Å². The molecule has 0 aliphatic heterocycles. The molecule has 2 N–H and O–H groups in total. The Morgan fingerprint density at radius 3 is 2.43 bits per heavy atom. The minimum Gasteiger partial charge on any atom is -0.309 e. The smallest absolute Gasteiger partial charge is 0.245 e. The van der Waals surface area contributed by atoms with Crippen molar-refractivity contribution in [1.29, 1.82) is 0 Å². The monoisotopic (exact) mass is 320 g/mol. The molecule has 0 fully saturated rings. The van der Waals surface area contributed by atoms with E-state index in [-0.39, 0.29) is 4.90 Å². The highest BCUT2D eigenvalue weighted by molar-refractivity contribution is 7.89. The highest BCUT2D eigenvalue weighted by Crippen LogP contribution is 2.29. The Bertz CT molecular complexity index is 574.